The minimum absolute atomic E-state index is 0.108. The van der Waals surface area contributed by atoms with E-state index in [2.05, 4.69) is 30.8 Å². The zero-order valence-corrected chi connectivity index (χ0v) is 11.2. The summed E-state index contributed by atoms with van der Waals surface area (Å²) in [6.07, 6.45) is 0.602. The van der Waals surface area contributed by atoms with Crippen LogP contribution in [-0.4, -0.2) is 68.6 Å². The molecule has 2 fully saturated rings. The largest absolute Gasteiger partial charge is 0.380 e. The highest BCUT2D eigenvalue weighted by molar-refractivity contribution is 5.82. The summed E-state index contributed by atoms with van der Waals surface area (Å²) >= 11 is 0. The second-order valence-electron chi connectivity index (χ2n) is 5.71. The molecule has 4 nitrogen and oxygen atoms in total. The van der Waals surface area contributed by atoms with Crippen molar-refractivity contribution in [2.45, 2.75) is 19.4 Å². The first-order chi connectivity index (χ1) is 8.08. The molecule has 3 unspecified atom stereocenters. The standard InChI is InChI=1S/C13H24N2O2/c1-10-6-15(8-12(10)14(2)3)7-11-9-17-5-4-13(11)16/h10-12H,4-9H2,1-3H3. The molecule has 0 aromatic carbocycles. The van der Waals surface area contributed by atoms with Crippen molar-refractivity contribution in [1.82, 2.24) is 9.80 Å². The van der Waals surface area contributed by atoms with Crippen molar-refractivity contribution in [1.29, 1.82) is 0 Å². The molecule has 2 rings (SSSR count). The summed E-state index contributed by atoms with van der Waals surface area (Å²) in [4.78, 5) is 16.5. The van der Waals surface area contributed by atoms with Crippen molar-refractivity contribution < 1.29 is 9.53 Å². The lowest BCUT2D eigenvalue weighted by atomic mass is 10.0. The minimum Gasteiger partial charge on any atom is -0.380 e. The van der Waals surface area contributed by atoms with Crippen LogP contribution >= 0.6 is 0 Å². The van der Waals surface area contributed by atoms with Crippen LogP contribution in [0.5, 0.6) is 0 Å². The normalized spacial score (nSPS) is 35.8. The lowest BCUT2D eigenvalue weighted by Gasteiger charge is -2.26. The number of carbonyl (C=O) groups is 1. The van der Waals surface area contributed by atoms with Gasteiger partial charge in [0.2, 0.25) is 0 Å². The summed E-state index contributed by atoms with van der Waals surface area (Å²) in [5, 5.41) is 0. The quantitative estimate of drug-likeness (QED) is 0.718. The molecule has 0 bridgehead atoms. The summed E-state index contributed by atoms with van der Waals surface area (Å²) in [6.45, 7) is 6.60. The average molecular weight is 240 g/mol. The molecular formula is C13H24N2O2. The van der Waals surface area contributed by atoms with Gasteiger partial charge in [0.15, 0.2) is 0 Å². The van der Waals surface area contributed by atoms with E-state index in [4.69, 9.17) is 4.74 Å². The third kappa shape index (κ3) is 3.06. The third-order valence-corrected chi connectivity index (χ3v) is 4.06. The van der Waals surface area contributed by atoms with Crippen LogP contribution in [0.2, 0.25) is 0 Å². The highest BCUT2D eigenvalue weighted by Gasteiger charge is 2.34. The summed E-state index contributed by atoms with van der Waals surface area (Å²) in [5.41, 5.74) is 0. The fourth-order valence-corrected chi connectivity index (χ4v) is 3.03. The molecule has 2 aliphatic heterocycles. The summed E-state index contributed by atoms with van der Waals surface area (Å²) < 4.78 is 5.41. The third-order valence-electron chi connectivity index (χ3n) is 4.06. The van der Waals surface area contributed by atoms with Gasteiger partial charge >= 0.3 is 0 Å². The highest BCUT2D eigenvalue weighted by Crippen LogP contribution is 2.22. The lowest BCUT2D eigenvalue weighted by Crippen LogP contribution is -2.39. The van der Waals surface area contributed by atoms with Crippen molar-refractivity contribution in [2.24, 2.45) is 11.8 Å². The van der Waals surface area contributed by atoms with Gasteiger partial charge in [0.05, 0.1) is 19.1 Å². The van der Waals surface area contributed by atoms with Crippen molar-refractivity contribution in [2.75, 3.05) is 46.9 Å². The fourth-order valence-electron chi connectivity index (χ4n) is 3.03. The first-order valence-corrected chi connectivity index (χ1v) is 6.57. The Balaban J connectivity index is 1.86. The molecule has 2 saturated heterocycles. The smallest absolute Gasteiger partial charge is 0.141 e. The fraction of sp³-hybridized carbons (Fsp3) is 0.923. The van der Waals surface area contributed by atoms with E-state index in [1.165, 1.54) is 0 Å². The van der Waals surface area contributed by atoms with Crippen LogP contribution in [0.1, 0.15) is 13.3 Å². The number of Topliss-reactive ketones (excluding diaryl/α,β-unsaturated/α-hetero) is 1. The molecule has 4 heteroatoms. The lowest BCUT2D eigenvalue weighted by molar-refractivity contribution is -0.131. The molecule has 0 amide bonds. The molecule has 0 aromatic heterocycles. The Morgan fingerprint density at radius 3 is 2.76 bits per heavy atom. The molecule has 98 valence electrons. The monoisotopic (exact) mass is 240 g/mol. The van der Waals surface area contributed by atoms with Crippen LogP contribution in [-0.2, 0) is 9.53 Å². The number of nitrogens with zero attached hydrogens (tertiary/aromatic N) is 2. The summed E-state index contributed by atoms with van der Waals surface area (Å²) in [5.74, 6) is 1.18. The van der Waals surface area contributed by atoms with E-state index in [-0.39, 0.29) is 5.92 Å². The topological polar surface area (TPSA) is 32.8 Å². The Hall–Kier alpha value is -0.450. The number of ether oxygens (including phenoxy) is 1. The molecule has 17 heavy (non-hydrogen) atoms. The van der Waals surface area contributed by atoms with Crippen LogP contribution in [0.3, 0.4) is 0 Å². The van der Waals surface area contributed by atoms with Crippen molar-refractivity contribution >= 4 is 5.78 Å². The summed E-state index contributed by atoms with van der Waals surface area (Å²) in [6, 6.07) is 0.620. The molecule has 3 atom stereocenters. The van der Waals surface area contributed by atoms with Gasteiger partial charge in [-0.05, 0) is 20.0 Å². The Kier molecular flexibility index (Phi) is 4.17. The Morgan fingerprint density at radius 1 is 1.41 bits per heavy atom. The average Bonchev–Trinajstić information content (AvgIpc) is 2.63. The predicted octanol–water partition coefficient (Wildman–Crippen LogP) is 0.474. The molecule has 0 spiro atoms. The SMILES string of the molecule is CC1CN(CC2COCCC2=O)CC1N(C)C. The maximum absolute atomic E-state index is 11.8. The van der Waals surface area contributed by atoms with Crippen molar-refractivity contribution in [3.63, 3.8) is 0 Å². The van der Waals surface area contributed by atoms with Crippen LogP contribution in [0.4, 0.5) is 0 Å². The Labute approximate surface area is 104 Å². The molecule has 0 N–H and O–H groups in total. The molecule has 0 aliphatic carbocycles. The van der Waals surface area contributed by atoms with Crippen molar-refractivity contribution in [3.8, 4) is 0 Å². The molecule has 0 aromatic rings. The summed E-state index contributed by atoms with van der Waals surface area (Å²) in [7, 11) is 4.28. The number of carbonyl (C=O) groups excluding carboxylic acids is 1. The molecule has 2 heterocycles. The molecule has 2 aliphatic rings. The van der Waals surface area contributed by atoms with E-state index in [1.54, 1.807) is 0 Å². The van der Waals surface area contributed by atoms with E-state index in [1.807, 2.05) is 0 Å². The molecule has 0 radical (unpaired) electrons. The number of likely N-dealkylation sites (tertiary alicyclic amines) is 1. The maximum Gasteiger partial charge on any atom is 0.141 e. The van der Waals surface area contributed by atoms with Gasteiger partial charge < -0.3 is 14.5 Å². The molecular weight excluding hydrogens is 216 g/mol. The van der Waals surface area contributed by atoms with E-state index >= 15 is 0 Å². The van der Waals surface area contributed by atoms with E-state index in [0.29, 0.717) is 37.4 Å². The van der Waals surface area contributed by atoms with Crippen LogP contribution in [0, 0.1) is 11.8 Å². The van der Waals surface area contributed by atoms with Gasteiger partial charge in [-0.3, -0.25) is 4.79 Å². The van der Waals surface area contributed by atoms with Gasteiger partial charge in [-0.25, -0.2) is 0 Å². The van der Waals surface area contributed by atoms with Crippen LogP contribution < -0.4 is 0 Å². The van der Waals surface area contributed by atoms with Gasteiger partial charge in [0.1, 0.15) is 5.78 Å². The number of ketones is 1. The predicted molar refractivity (Wildman–Crippen MR) is 67.0 cm³/mol. The zero-order chi connectivity index (χ0) is 12.4. The van der Waals surface area contributed by atoms with Gasteiger partial charge in [-0.2, -0.15) is 0 Å². The van der Waals surface area contributed by atoms with Crippen molar-refractivity contribution in [3.05, 3.63) is 0 Å². The van der Waals surface area contributed by atoms with Crippen LogP contribution in [0.15, 0.2) is 0 Å². The minimum atomic E-state index is 0.108. The number of likely N-dealkylation sites (N-methyl/N-ethyl adjacent to an activating group) is 1. The second kappa shape index (κ2) is 5.46. The highest BCUT2D eigenvalue weighted by atomic mass is 16.5. The number of rotatable bonds is 3. The molecule has 0 saturated carbocycles. The van der Waals surface area contributed by atoms with Gasteiger partial charge in [0, 0.05) is 32.1 Å². The maximum atomic E-state index is 11.8. The van der Waals surface area contributed by atoms with Gasteiger partial charge in [-0.15, -0.1) is 0 Å². The first-order valence-electron chi connectivity index (χ1n) is 6.57. The van der Waals surface area contributed by atoms with E-state index in [0.717, 1.165) is 19.6 Å². The zero-order valence-electron chi connectivity index (χ0n) is 11.2. The Bertz CT molecular complexity index is 281. The second-order valence-corrected chi connectivity index (χ2v) is 5.71. The Morgan fingerprint density at radius 2 is 2.18 bits per heavy atom. The number of hydrogen-bond donors (Lipinski definition) is 0. The van der Waals surface area contributed by atoms with Crippen LogP contribution in [0.25, 0.3) is 0 Å². The van der Waals surface area contributed by atoms with E-state index in [9.17, 15) is 4.79 Å². The first kappa shape index (κ1) is 13.0. The number of hydrogen-bond acceptors (Lipinski definition) is 4. The van der Waals surface area contributed by atoms with Gasteiger partial charge in [-0.1, -0.05) is 6.92 Å². The van der Waals surface area contributed by atoms with E-state index < -0.39 is 0 Å². The van der Waals surface area contributed by atoms with Gasteiger partial charge in [0.25, 0.3) is 0 Å².